The summed E-state index contributed by atoms with van der Waals surface area (Å²) in [6, 6.07) is 16.2. The van der Waals surface area contributed by atoms with E-state index in [1.165, 1.54) is 0 Å². The van der Waals surface area contributed by atoms with E-state index in [-0.39, 0.29) is 11.3 Å². The summed E-state index contributed by atoms with van der Waals surface area (Å²) >= 11 is 0. The molecule has 7 heteroatoms. The minimum Gasteiger partial charge on any atom is -0.340 e. The van der Waals surface area contributed by atoms with Crippen molar-refractivity contribution in [1.29, 1.82) is 0 Å². The van der Waals surface area contributed by atoms with Crippen molar-refractivity contribution in [2.75, 3.05) is 24.5 Å². The van der Waals surface area contributed by atoms with Crippen molar-refractivity contribution in [3.63, 3.8) is 0 Å². The van der Waals surface area contributed by atoms with E-state index >= 15 is 0 Å². The Labute approximate surface area is 197 Å². The number of benzene rings is 2. The molecule has 166 valence electrons. The molecule has 2 aromatic carbocycles. The molecule has 2 fully saturated rings. The topological polar surface area (TPSA) is 59.4 Å². The third-order valence-corrected chi connectivity index (χ3v) is 7.51. The van der Waals surface area contributed by atoms with Crippen molar-refractivity contribution in [1.82, 2.24) is 19.4 Å². The number of fused-ring (bicyclic) bond motifs is 5. The number of hydrogen-bond acceptors (Lipinski definition) is 3. The lowest BCUT2D eigenvalue weighted by Crippen LogP contribution is -2.57. The second kappa shape index (κ2) is 6.92. The standard InChI is InChI=1S/C27H22N6O/c1-28-21-4-2-18(3-5-21)19-13-24-25-30-9-11-33(25)23-7-6-22(12-20(23)15-31(24)14-19)32-10-8-27(26(32)34)16-29-17-27/h2-7,9,11-14,29H,8,10,15-17H2. The van der Waals surface area contributed by atoms with Crippen molar-refractivity contribution in [3.8, 4) is 28.3 Å². The minimum absolute atomic E-state index is 0.199. The highest BCUT2D eigenvalue weighted by Gasteiger charge is 2.51. The Balaban J connectivity index is 1.30. The van der Waals surface area contributed by atoms with Crippen LogP contribution in [0.1, 0.15) is 12.0 Å². The first-order valence-corrected chi connectivity index (χ1v) is 11.5. The van der Waals surface area contributed by atoms with Gasteiger partial charge in [-0.1, -0.05) is 24.3 Å². The number of nitrogens with zero attached hydrogens (tertiary/aromatic N) is 5. The van der Waals surface area contributed by atoms with E-state index < -0.39 is 0 Å². The van der Waals surface area contributed by atoms with Gasteiger partial charge in [0.25, 0.3) is 0 Å². The number of carbonyl (C=O) groups excluding carboxylic acids is 1. The van der Waals surface area contributed by atoms with Gasteiger partial charge in [-0.3, -0.25) is 9.36 Å². The van der Waals surface area contributed by atoms with Gasteiger partial charge < -0.3 is 14.8 Å². The molecule has 34 heavy (non-hydrogen) atoms. The quantitative estimate of drug-likeness (QED) is 0.413. The van der Waals surface area contributed by atoms with Gasteiger partial charge in [-0.15, -0.1) is 0 Å². The van der Waals surface area contributed by atoms with Crippen molar-refractivity contribution in [2.24, 2.45) is 5.41 Å². The van der Waals surface area contributed by atoms with Crippen LogP contribution in [0.3, 0.4) is 0 Å². The largest absolute Gasteiger partial charge is 0.340 e. The molecule has 3 aliphatic heterocycles. The summed E-state index contributed by atoms with van der Waals surface area (Å²) in [5, 5.41) is 3.27. The van der Waals surface area contributed by atoms with Crippen LogP contribution in [0.5, 0.6) is 0 Å². The highest BCUT2D eigenvalue weighted by atomic mass is 16.2. The molecule has 3 aliphatic rings. The van der Waals surface area contributed by atoms with Crippen molar-refractivity contribution < 1.29 is 4.79 Å². The van der Waals surface area contributed by atoms with Gasteiger partial charge in [-0.2, -0.15) is 0 Å². The number of anilines is 1. The molecule has 0 bridgehead atoms. The average molecular weight is 447 g/mol. The highest BCUT2D eigenvalue weighted by molar-refractivity contribution is 6.01. The lowest BCUT2D eigenvalue weighted by molar-refractivity contribution is -0.127. The molecular formula is C27H22N6O. The number of amides is 1. The van der Waals surface area contributed by atoms with Gasteiger partial charge >= 0.3 is 0 Å². The van der Waals surface area contributed by atoms with Crippen molar-refractivity contribution in [3.05, 3.63) is 84.1 Å². The maximum Gasteiger partial charge on any atom is 0.235 e. The lowest BCUT2D eigenvalue weighted by atomic mass is 9.80. The molecule has 1 amide bonds. The smallest absolute Gasteiger partial charge is 0.235 e. The molecule has 1 N–H and O–H groups in total. The van der Waals surface area contributed by atoms with Gasteiger partial charge in [0, 0.05) is 56.0 Å². The van der Waals surface area contributed by atoms with Gasteiger partial charge in [-0.05, 0) is 41.8 Å². The maximum absolute atomic E-state index is 13.2. The first-order chi connectivity index (χ1) is 16.6. The number of nitrogens with one attached hydrogen (secondary N) is 1. The van der Waals surface area contributed by atoms with E-state index in [0.717, 1.165) is 65.6 Å². The van der Waals surface area contributed by atoms with E-state index in [1.807, 2.05) is 41.6 Å². The maximum atomic E-state index is 13.2. The van der Waals surface area contributed by atoms with E-state index in [2.05, 4.69) is 54.7 Å². The minimum atomic E-state index is -0.199. The van der Waals surface area contributed by atoms with E-state index in [9.17, 15) is 4.79 Å². The van der Waals surface area contributed by atoms with Crippen LogP contribution in [-0.4, -0.2) is 39.7 Å². The summed E-state index contributed by atoms with van der Waals surface area (Å²) in [6.07, 6.45) is 6.89. The fraction of sp³-hybridized carbons (Fsp3) is 0.222. The Kier molecular flexibility index (Phi) is 3.94. The Morgan fingerprint density at radius 1 is 1.06 bits per heavy atom. The molecule has 7 nitrogen and oxygen atoms in total. The molecule has 0 aliphatic carbocycles. The summed E-state index contributed by atoms with van der Waals surface area (Å²) < 4.78 is 4.36. The summed E-state index contributed by atoms with van der Waals surface area (Å²) in [7, 11) is 0. The van der Waals surface area contributed by atoms with Crippen LogP contribution < -0.4 is 10.2 Å². The van der Waals surface area contributed by atoms with Gasteiger partial charge in [0.1, 0.15) is 0 Å². The van der Waals surface area contributed by atoms with Crippen molar-refractivity contribution >= 4 is 17.3 Å². The molecule has 0 unspecified atom stereocenters. The predicted molar refractivity (Wildman–Crippen MR) is 130 cm³/mol. The number of rotatable bonds is 2. The van der Waals surface area contributed by atoms with Crippen molar-refractivity contribution in [2.45, 2.75) is 13.0 Å². The predicted octanol–water partition coefficient (Wildman–Crippen LogP) is 4.25. The number of aromatic nitrogens is 3. The molecule has 0 radical (unpaired) electrons. The van der Waals surface area contributed by atoms with Crippen LogP contribution in [0.4, 0.5) is 11.4 Å². The van der Waals surface area contributed by atoms with Gasteiger partial charge in [-0.25, -0.2) is 9.83 Å². The summed E-state index contributed by atoms with van der Waals surface area (Å²) in [4.78, 5) is 23.3. The zero-order valence-electron chi connectivity index (χ0n) is 18.5. The summed E-state index contributed by atoms with van der Waals surface area (Å²) in [5.74, 6) is 1.14. The number of carbonyl (C=O) groups is 1. The normalized spacial score (nSPS) is 17.5. The van der Waals surface area contributed by atoms with E-state index in [0.29, 0.717) is 12.2 Å². The Hall–Kier alpha value is -4.15. The molecule has 4 aromatic rings. The highest BCUT2D eigenvalue weighted by Crippen LogP contribution is 2.40. The lowest BCUT2D eigenvalue weighted by Gasteiger charge is -2.37. The third-order valence-electron chi connectivity index (χ3n) is 7.51. The van der Waals surface area contributed by atoms with Crippen LogP contribution >= 0.6 is 0 Å². The average Bonchev–Trinajstić information content (AvgIpc) is 3.54. The fourth-order valence-corrected chi connectivity index (χ4v) is 5.51. The molecule has 1 spiro atoms. The first kappa shape index (κ1) is 19.3. The second-order valence-corrected chi connectivity index (χ2v) is 9.43. The molecular weight excluding hydrogens is 424 g/mol. The number of imidazole rings is 1. The van der Waals surface area contributed by atoms with Crippen LogP contribution in [0.15, 0.2) is 67.1 Å². The van der Waals surface area contributed by atoms with Crippen LogP contribution in [0.25, 0.3) is 33.2 Å². The Morgan fingerprint density at radius 3 is 2.65 bits per heavy atom. The fourth-order valence-electron chi connectivity index (χ4n) is 5.51. The monoisotopic (exact) mass is 446 g/mol. The van der Waals surface area contributed by atoms with E-state index in [4.69, 9.17) is 6.57 Å². The van der Waals surface area contributed by atoms with Gasteiger partial charge in [0.15, 0.2) is 11.5 Å². The van der Waals surface area contributed by atoms with E-state index in [1.54, 1.807) is 0 Å². The van der Waals surface area contributed by atoms with Gasteiger partial charge in [0.2, 0.25) is 5.91 Å². The Bertz CT molecular complexity index is 1500. The molecule has 0 atom stereocenters. The third kappa shape index (κ3) is 2.66. The van der Waals surface area contributed by atoms with Crippen LogP contribution in [0.2, 0.25) is 0 Å². The molecule has 7 rings (SSSR count). The SMILES string of the molecule is [C-]#[N+]c1ccc(-c2cc3n(c2)Cc2cc(N4CCC5(CNC5)C4=O)ccc2-n2ccnc2-3)cc1. The Morgan fingerprint density at radius 2 is 1.91 bits per heavy atom. The molecule has 2 saturated heterocycles. The first-order valence-electron chi connectivity index (χ1n) is 11.5. The summed E-state index contributed by atoms with van der Waals surface area (Å²) in [6.45, 7) is 10.2. The molecule has 2 aromatic heterocycles. The van der Waals surface area contributed by atoms with Crippen LogP contribution in [-0.2, 0) is 11.3 Å². The molecule has 0 saturated carbocycles. The second-order valence-electron chi connectivity index (χ2n) is 9.43. The van der Waals surface area contributed by atoms with Gasteiger partial charge in [0.05, 0.1) is 23.4 Å². The summed E-state index contributed by atoms with van der Waals surface area (Å²) in [5.41, 5.74) is 6.87. The number of hydrogen-bond donors (Lipinski definition) is 1. The zero-order chi connectivity index (χ0) is 22.9. The zero-order valence-corrected chi connectivity index (χ0v) is 18.5. The molecule has 5 heterocycles. The van der Waals surface area contributed by atoms with Crippen LogP contribution in [0, 0.1) is 12.0 Å².